The number of hydrogen-bond acceptors (Lipinski definition) is 3. The Hall–Kier alpha value is -1.26. The van der Waals surface area contributed by atoms with E-state index in [0.717, 1.165) is 26.1 Å². The van der Waals surface area contributed by atoms with E-state index < -0.39 is 0 Å². The Morgan fingerprint density at radius 1 is 1.47 bits per heavy atom. The second kappa shape index (κ2) is 6.78. The Kier molecular flexibility index (Phi) is 5.05. The van der Waals surface area contributed by atoms with E-state index in [2.05, 4.69) is 5.32 Å². The lowest BCUT2D eigenvalue weighted by Gasteiger charge is -2.17. The summed E-state index contributed by atoms with van der Waals surface area (Å²) < 4.78 is 5.46. The molecule has 0 aromatic heterocycles. The number of carbonyl (C=O) groups is 1. The van der Waals surface area contributed by atoms with Crippen molar-refractivity contribution >= 4 is 17.5 Å². The molecule has 2 rings (SSSR count). The second-order valence-corrected chi connectivity index (χ2v) is 5.23. The molecule has 1 atom stereocenters. The maximum atomic E-state index is 12.0. The summed E-state index contributed by atoms with van der Waals surface area (Å²) in [4.78, 5) is 13.9. The highest BCUT2D eigenvalue weighted by molar-refractivity contribution is 6.30. The number of likely N-dealkylation sites (tertiary alicyclic amines) is 1. The molecule has 0 aliphatic carbocycles. The van der Waals surface area contributed by atoms with Crippen molar-refractivity contribution in [3.05, 3.63) is 29.3 Å². The maximum Gasteiger partial charge on any atom is 0.260 e. The largest absolute Gasteiger partial charge is 0.484 e. The average Bonchev–Trinajstić information content (AvgIpc) is 2.87. The van der Waals surface area contributed by atoms with Crippen molar-refractivity contribution in [2.45, 2.75) is 6.42 Å². The quantitative estimate of drug-likeness (QED) is 0.895. The number of benzene rings is 1. The lowest BCUT2D eigenvalue weighted by atomic mass is 10.1. The summed E-state index contributed by atoms with van der Waals surface area (Å²) in [5.41, 5.74) is 0. The highest BCUT2D eigenvalue weighted by atomic mass is 35.5. The van der Waals surface area contributed by atoms with Crippen LogP contribution in [0.5, 0.6) is 5.75 Å². The number of nitrogens with zero attached hydrogens (tertiary/aromatic N) is 1. The Morgan fingerprint density at radius 3 is 2.89 bits per heavy atom. The molecule has 0 saturated carbocycles. The first-order valence-electron chi connectivity index (χ1n) is 6.50. The zero-order chi connectivity index (χ0) is 13.7. The molecule has 1 saturated heterocycles. The topological polar surface area (TPSA) is 41.6 Å². The molecule has 1 aliphatic rings. The molecule has 1 aromatic rings. The van der Waals surface area contributed by atoms with Crippen molar-refractivity contribution in [2.75, 3.05) is 33.3 Å². The molecule has 1 aliphatic heterocycles. The van der Waals surface area contributed by atoms with E-state index in [1.54, 1.807) is 24.3 Å². The molecule has 1 heterocycles. The molecule has 4 nitrogen and oxygen atoms in total. The van der Waals surface area contributed by atoms with E-state index in [1.165, 1.54) is 0 Å². The molecular weight excluding hydrogens is 264 g/mol. The predicted octanol–water partition coefficient (Wildman–Crippen LogP) is 1.79. The number of amides is 1. The van der Waals surface area contributed by atoms with E-state index >= 15 is 0 Å². The van der Waals surface area contributed by atoms with Crippen LogP contribution in [-0.2, 0) is 4.79 Å². The Bertz CT molecular complexity index is 422. The summed E-state index contributed by atoms with van der Waals surface area (Å²) in [6.45, 7) is 2.70. The third kappa shape index (κ3) is 4.11. The maximum absolute atomic E-state index is 12.0. The van der Waals surface area contributed by atoms with Crippen LogP contribution in [0, 0.1) is 5.92 Å². The summed E-state index contributed by atoms with van der Waals surface area (Å²) >= 11 is 5.79. The minimum Gasteiger partial charge on any atom is -0.484 e. The first-order valence-corrected chi connectivity index (χ1v) is 6.87. The first-order chi connectivity index (χ1) is 9.19. The van der Waals surface area contributed by atoms with Gasteiger partial charge < -0.3 is 15.0 Å². The minimum absolute atomic E-state index is 0.0496. The van der Waals surface area contributed by atoms with Gasteiger partial charge in [0.25, 0.3) is 5.91 Å². The second-order valence-electron chi connectivity index (χ2n) is 4.79. The smallest absolute Gasteiger partial charge is 0.260 e. The van der Waals surface area contributed by atoms with Crippen molar-refractivity contribution in [3.63, 3.8) is 0 Å². The molecule has 0 unspecified atom stereocenters. The molecule has 0 spiro atoms. The van der Waals surface area contributed by atoms with E-state index in [4.69, 9.17) is 16.3 Å². The predicted molar refractivity (Wildman–Crippen MR) is 75.6 cm³/mol. The summed E-state index contributed by atoms with van der Waals surface area (Å²) in [5.74, 6) is 1.28. The Balaban J connectivity index is 1.77. The third-order valence-corrected chi connectivity index (χ3v) is 3.56. The van der Waals surface area contributed by atoms with Gasteiger partial charge in [0.1, 0.15) is 5.75 Å². The number of nitrogens with one attached hydrogen (secondary N) is 1. The van der Waals surface area contributed by atoms with Gasteiger partial charge in [-0.2, -0.15) is 0 Å². The molecule has 19 heavy (non-hydrogen) atoms. The van der Waals surface area contributed by atoms with Gasteiger partial charge in [-0.25, -0.2) is 0 Å². The van der Waals surface area contributed by atoms with Crippen LogP contribution in [0.4, 0.5) is 0 Å². The van der Waals surface area contributed by atoms with Crippen molar-refractivity contribution in [1.82, 2.24) is 10.2 Å². The van der Waals surface area contributed by atoms with Crippen LogP contribution >= 0.6 is 11.6 Å². The van der Waals surface area contributed by atoms with Crippen LogP contribution in [0.25, 0.3) is 0 Å². The highest BCUT2D eigenvalue weighted by Crippen LogP contribution is 2.17. The normalized spacial score (nSPS) is 18.6. The monoisotopic (exact) mass is 282 g/mol. The van der Waals surface area contributed by atoms with Crippen molar-refractivity contribution in [1.29, 1.82) is 0 Å². The first kappa shape index (κ1) is 14.2. The van der Waals surface area contributed by atoms with Crippen molar-refractivity contribution < 1.29 is 9.53 Å². The van der Waals surface area contributed by atoms with E-state index in [0.29, 0.717) is 16.7 Å². The molecule has 104 valence electrons. The van der Waals surface area contributed by atoms with Gasteiger partial charge in [0, 0.05) is 18.1 Å². The van der Waals surface area contributed by atoms with Crippen LogP contribution in [0.1, 0.15) is 6.42 Å². The molecule has 0 bridgehead atoms. The summed E-state index contributed by atoms with van der Waals surface area (Å²) in [5, 5.41) is 3.81. The van der Waals surface area contributed by atoms with Gasteiger partial charge in [0.05, 0.1) is 0 Å². The molecule has 1 amide bonds. The van der Waals surface area contributed by atoms with Gasteiger partial charge >= 0.3 is 0 Å². The number of ether oxygens (including phenoxy) is 1. The number of hydrogen-bond donors (Lipinski definition) is 1. The zero-order valence-corrected chi connectivity index (χ0v) is 11.8. The molecule has 1 aromatic carbocycles. The highest BCUT2D eigenvalue weighted by Gasteiger charge is 2.25. The molecule has 1 N–H and O–H groups in total. The Morgan fingerprint density at radius 2 is 2.21 bits per heavy atom. The van der Waals surface area contributed by atoms with Gasteiger partial charge in [-0.3, -0.25) is 4.79 Å². The summed E-state index contributed by atoms with van der Waals surface area (Å²) in [6, 6.07) is 7.03. The van der Waals surface area contributed by atoms with Crippen LogP contribution in [0.15, 0.2) is 24.3 Å². The lowest BCUT2D eigenvalue weighted by Crippen LogP contribution is -2.34. The van der Waals surface area contributed by atoms with Crippen LogP contribution in [0.3, 0.4) is 0 Å². The standard InChI is InChI=1S/C14H19ClN2O2/c1-16-8-11-6-7-17(9-11)14(18)10-19-13-4-2-12(15)3-5-13/h2-5,11,16H,6-10H2,1H3/t11-/m0/s1. The number of halogens is 1. The van der Waals surface area contributed by atoms with Crippen molar-refractivity contribution in [2.24, 2.45) is 5.92 Å². The fourth-order valence-corrected chi connectivity index (χ4v) is 2.41. The van der Waals surface area contributed by atoms with Gasteiger partial charge in [0.2, 0.25) is 0 Å². The van der Waals surface area contributed by atoms with Crippen molar-refractivity contribution in [3.8, 4) is 5.75 Å². The van der Waals surface area contributed by atoms with E-state index in [-0.39, 0.29) is 12.5 Å². The number of rotatable bonds is 5. The average molecular weight is 283 g/mol. The van der Waals surface area contributed by atoms with Gasteiger partial charge in [0.15, 0.2) is 6.61 Å². The van der Waals surface area contributed by atoms with Crippen LogP contribution in [-0.4, -0.2) is 44.1 Å². The summed E-state index contributed by atoms with van der Waals surface area (Å²) in [7, 11) is 1.94. The van der Waals surface area contributed by atoms with Gasteiger partial charge in [-0.05, 0) is 50.2 Å². The fraction of sp³-hybridized carbons (Fsp3) is 0.500. The summed E-state index contributed by atoms with van der Waals surface area (Å²) in [6.07, 6.45) is 1.06. The van der Waals surface area contributed by atoms with E-state index in [9.17, 15) is 4.79 Å². The third-order valence-electron chi connectivity index (χ3n) is 3.31. The van der Waals surface area contributed by atoms with Gasteiger partial charge in [-0.15, -0.1) is 0 Å². The number of carbonyl (C=O) groups excluding carboxylic acids is 1. The fourth-order valence-electron chi connectivity index (χ4n) is 2.28. The molecule has 5 heteroatoms. The minimum atomic E-state index is 0.0496. The molecule has 0 radical (unpaired) electrons. The van der Waals surface area contributed by atoms with Gasteiger partial charge in [-0.1, -0.05) is 11.6 Å². The molecular formula is C14H19ClN2O2. The lowest BCUT2D eigenvalue weighted by molar-refractivity contribution is -0.132. The molecule has 1 fully saturated rings. The SMILES string of the molecule is CNC[C@@H]1CCN(C(=O)COc2ccc(Cl)cc2)C1. The van der Waals surface area contributed by atoms with E-state index in [1.807, 2.05) is 11.9 Å². The van der Waals surface area contributed by atoms with Crippen LogP contribution in [0.2, 0.25) is 5.02 Å². The van der Waals surface area contributed by atoms with Crippen LogP contribution < -0.4 is 10.1 Å². The zero-order valence-electron chi connectivity index (χ0n) is 11.1. The Labute approximate surface area is 118 Å².